The van der Waals surface area contributed by atoms with Crippen LogP contribution in [-0.2, 0) is 6.54 Å². The van der Waals surface area contributed by atoms with E-state index in [2.05, 4.69) is 44.2 Å². The van der Waals surface area contributed by atoms with Gasteiger partial charge in [-0.25, -0.2) is 0 Å². The second-order valence-electron chi connectivity index (χ2n) is 4.87. The molecule has 0 aliphatic carbocycles. The molecule has 4 nitrogen and oxygen atoms in total. The fourth-order valence-corrected chi connectivity index (χ4v) is 3.13. The molecule has 0 bridgehead atoms. The van der Waals surface area contributed by atoms with Crippen LogP contribution >= 0.6 is 23.7 Å². The van der Waals surface area contributed by atoms with E-state index in [-0.39, 0.29) is 12.4 Å². The van der Waals surface area contributed by atoms with Crippen LogP contribution in [0.1, 0.15) is 12.5 Å². The first-order valence-electron chi connectivity index (χ1n) is 6.33. The molecule has 2 N–H and O–H groups in total. The van der Waals surface area contributed by atoms with E-state index in [0.29, 0.717) is 6.04 Å². The highest BCUT2D eigenvalue weighted by molar-refractivity contribution is 7.08. The van der Waals surface area contributed by atoms with Crippen molar-refractivity contribution < 1.29 is 0 Å². The summed E-state index contributed by atoms with van der Waals surface area (Å²) in [5.41, 5.74) is 3.71. The number of thiophene rings is 1. The predicted octanol–water partition coefficient (Wildman–Crippen LogP) is 2.35. The van der Waals surface area contributed by atoms with E-state index in [9.17, 15) is 0 Å². The van der Waals surface area contributed by atoms with Crippen LogP contribution in [-0.4, -0.2) is 40.8 Å². The molecule has 19 heavy (non-hydrogen) atoms. The van der Waals surface area contributed by atoms with Crippen LogP contribution in [0.2, 0.25) is 0 Å². The van der Waals surface area contributed by atoms with E-state index in [1.807, 2.05) is 6.20 Å². The lowest BCUT2D eigenvalue weighted by atomic mass is 10.1. The Morgan fingerprint density at radius 1 is 1.53 bits per heavy atom. The molecular weight excluding hydrogens is 280 g/mol. The first kappa shape index (κ1) is 14.5. The van der Waals surface area contributed by atoms with Gasteiger partial charge in [-0.05, 0) is 18.4 Å². The highest BCUT2D eigenvalue weighted by Crippen LogP contribution is 2.24. The van der Waals surface area contributed by atoms with Crippen LogP contribution in [0, 0.1) is 0 Å². The molecule has 0 radical (unpaired) electrons. The number of rotatable bonds is 3. The molecule has 104 valence electrons. The third kappa shape index (κ3) is 3.36. The number of piperazine rings is 1. The monoisotopic (exact) mass is 298 g/mol. The first-order chi connectivity index (χ1) is 8.83. The Morgan fingerprint density at radius 3 is 3.16 bits per heavy atom. The molecule has 1 fully saturated rings. The number of halogens is 1. The van der Waals surface area contributed by atoms with Crippen molar-refractivity contribution in [2.24, 2.45) is 0 Å². The fraction of sp³-hybridized carbons (Fsp3) is 0.462. The molecule has 1 aliphatic heterocycles. The van der Waals surface area contributed by atoms with Crippen LogP contribution in [0.15, 0.2) is 23.0 Å². The summed E-state index contributed by atoms with van der Waals surface area (Å²) in [7, 11) is 0. The Bertz CT molecular complexity index is 496. The van der Waals surface area contributed by atoms with Crippen LogP contribution < -0.4 is 5.32 Å². The van der Waals surface area contributed by atoms with Crippen molar-refractivity contribution in [1.29, 1.82) is 0 Å². The van der Waals surface area contributed by atoms with Gasteiger partial charge in [-0.1, -0.05) is 0 Å². The molecule has 3 rings (SSSR count). The van der Waals surface area contributed by atoms with E-state index < -0.39 is 0 Å². The third-order valence-electron chi connectivity index (χ3n) is 3.37. The van der Waals surface area contributed by atoms with Crippen LogP contribution in [0.25, 0.3) is 11.3 Å². The van der Waals surface area contributed by atoms with Gasteiger partial charge >= 0.3 is 0 Å². The maximum Gasteiger partial charge on any atom is 0.0703 e. The molecule has 1 saturated heterocycles. The maximum atomic E-state index is 4.20. The Kier molecular flexibility index (Phi) is 4.99. The van der Waals surface area contributed by atoms with E-state index in [1.165, 1.54) is 16.8 Å². The van der Waals surface area contributed by atoms with Crippen molar-refractivity contribution in [3.63, 3.8) is 0 Å². The van der Waals surface area contributed by atoms with E-state index in [1.54, 1.807) is 11.3 Å². The molecular formula is C13H19ClN4S. The minimum atomic E-state index is 0. The summed E-state index contributed by atoms with van der Waals surface area (Å²) in [5, 5.41) is 15.1. The quantitative estimate of drug-likeness (QED) is 0.914. The van der Waals surface area contributed by atoms with Gasteiger partial charge in [-0.3, -0.25) is 10.00 Å². The van der Waals surface area contributed by atoms with Gasteiger partial charge in [0.1, 0.15) is 0 Å². The molecule has 6 heteroatoms. The highest BCUT2D eigenvalue weighted by Gasteiger charge is 2.18. The van der Waals surface area contributed by atoms with E-state index >= 15 is 0 Å². The summed E-state index contributed by atoms with van der Waals surface area (Å²) in [6.07, 6.45) is 1.96. The van der Waals surface area contributed by atoms with Gasteiger partial charge < -0.3 is 5.32 Å². The minimum Gasteiger partial charge on any atom is -0.312 e. The lowest BCUT2D eigenvalue weighted by Gasteiger charge is -2.31. The van der Waals surface area contributed by atoms with Gasteiger partial charge in [0.15, 0.2) is 0 Å². The van der Waals surface area contributed by atoms with Crippen molar-refractivity contribution in [3.8, 4) is 11.3 Å². The van der Waals surface area contributed by atoms with Gasteiger partial charge in [-0.15, -0.1) is 12.4 Å². The number of nitrogens with zero attached hydrogens (tertiary/aromatic N) is 2. The topological polar surface area (TPSA) is 44.0 Å². The molecule has 2 aromatic rings. The molecule has 3 heterocycles. The zero-order chi connectivity index (χ0) is 12.4. The summed E-state index contributed by atoms with van der Waals surface area (Å²) in [5.74, 6) is 0. The highest BCUT2D eigenvalue weighted by atomic mass is 35.5. The molecule has 1 atom stereocenters. The molecule has 0 spiro atoms. The zero-order valence-corrected chi connectivity index (χ0v) is 12.6. The number of aromatic nitrogens is 2. The maximum absolute atomic E-state index is 4.20. The smallest absolute Gasteiger partial charge is 0.0703 e. The molecule has 0 saturated carbocycles. The van der Waals surface area contributed by atoms with Gasteiger partial charge in [0.05, 0.1) is 11.9 Å². The predicted molar refractivity (Wildman–Crippen MR) is 81.9 cm³/mol. The molecule has 0 unspecified atom stereocenters. The Morgan fingerprint density at radius 2 is 2.42 bits per heavy atom. The van der Waals surface area contributed by atoms with Crippen LogP contribution in [0.5, 0.6) is 0 Å². The van der Waals surface area contributed by atoms with Crippen LogP contribution in [0.3, 0.4) is 0 Å². The normalized spacial score (nSPS) is 20.2. The van der Waals surface area contributed by atoms with Crippen molar-refractivity contribution in [3.05, 3.63) is 28.6 Å². The van der Waals surface area contributed by atoms with Crippen LogP contribution in [0.4, 0.5) is 0 Å². The fourth-order valence-electron chi connectivity index (χ4n) is 2.48. The second kappa shape index (κ2) is 6.52. The molecule has 0 aromatic carbocycles. The lowest BCUT2D eigenvalue weighted by molar-refractivity contribution is 0.200. The van der Waals surface area contributed by atoms with Gasteiger partial charge in [-0.2, -0.15) is 16.4 Å². The summed E-state index contributed by atoms with van der Waals surface area (Å²) in [4.78, 5) is 2.49. The number of H-pyrrole nitrogens is 1. The molecule has 1 aliphatic rings. The average molecular weight is 299 g/mol. The van der Waals surface area contributed by atoms with E-state index in [4.69, 9.17) is 0 Å². The molecule has 0 amide bonds. The van der Waals surface area contributed by atoms with Gasteiger partial charge in [0.2, 0.25) is 0 Å². The number of hydrogen-bond donors (Lipinski definition) is 2. The SMILES string of the molecule is C[C@@H]1CN(Cc2cn[nH]c2-c2ccsc2)CCN1.Cl. The number of aromatic amines is 1. The van der Waals surface area contributed by atoms with Gasteiger partial charge in [0.25, 0.3) is 0 Å². The number of hydrogen-bond acceptors (Lipinski definition) is 4. The molecule has 2 aromatic heterocycles. The summed E-state index contributed by atoms with van der Waals surface area (Å²) >= 11 is 1.72. The first-order valence-corrected chi connectivity index (χ1v) is 7.28. The van der Waals surface area contributed by atoms with E-state index in [0.717, 1.165) is 26.2 Å². The van der Waals surface area contributed by atoms with Crippen molar-refractivity contribution in [2.75, 3.05) is 19.6 Å². The Labute approximate surface area is 123 Å². The third-order valence-corrected chi connectivity index (χ3v) is 4.06. The summed E-state index contributed by atoms with van der Waals surface area (Å²) < 4.78 is 0. The van der Waals surface area contributed by atoms with Gasteiger partial charge in [0, 0.05) is 48.7 Å². The Hall–Kier alpha value is -0.880. The summed E-state index contributed by atoms with van der Waals surface area (Å²) in [6.45, 7) is 6.51. The van der Waals surface area contributed by atoms with Crippen molar-refractivity contribution >= 4 is 23.7 Å². The average Bonchev–Trinajstić information content (AvgIpc) is 2.98. The zero-order valence-electron chi connectivity index (χ0n) is 10.9. The second-order valence-corrected chi connectivity index (χ2v) is 5.65. The minimum absolute atomic E-state index is 0. The standard InChI is InChI=1S/C13H18N4S.ClH/c1-10-7-17(4-3-14-10)8-12-6-15-16-13(12)11-2-5-18-9-11;/h2,5-6,9-10,14H,3-4,7-8H2,1H3,(H,15,16);1H/t10-;/m1./s1. The summed E-state index contributed by atoms with van der Waals surface area (Å²) in [6, 6.07) is 2.72. The Balaban J connectivity index is 0.00000133. The largest absolute Gasteiger partial charge is 0.312 e. The van der Waals surface area contributed by atoms with Crippen molar-refractivity contribution in [1.82, 2.24) is 20.4 Å². The number of nitrogens with one attached hydrogen (secondary N) is 2. The van der Waals surface area contributed by atoms with Crippen molar-refractivity contribution in [2.45, 2.75) is 19.5 Å². The lowest BCUT2D eigenvalue weighted by Crippen LogP contribution is -2.48.